The molecular weight excluding hydrogens is 669 g/mol. The van der Waals surface area contributed by atoms with Crippen LogP contribution in [0.2, 0.25) is 0 Å². The van der Waals surface area contributed by atoms with Crippen molar-refractivity contribution < 1.29 is 14.9 Å². The maximum atomic E-state index is 2.45. The smallest absolute Gasteiger partial charge is 0.0635 e. The van der Waals surface area contributed by atoms with E-state index in [1.54, 1.807) is 5.56 Å². The molecule has 0 atom stereocenters. The Kier molecular flexibility index (Phi) is 11.5. The summed E-state index contributed by atoms with van der Waals surface area (Å²) in [6.45, 7) is 11.2. The van der Waals surface area contributed by atoms with E-state index in [9.17, 15) is 0 Å². The molecule has 0 aromatic heterocycles. The van der Waals surface area contributed by atoms with Crippen molar-refractivity contribution in [2.75, 3.05) is 0 Å². The molecule has 4 aromatic rings. The van der Waals surface area contributed by atoms with E-state index in [0.717, 1.165) is 0 Å². The van der Waals surface area contributed by atoms with E-state index in [1.807, 2.05) is 6.07 Å². The Labute approximate surface area is 212 Å². The van der Waals surface area contributed by atoms with E-state index in [0.29, 0.717) is 0 Å². The monoisotopic (exact) mass is 698 g/mol. The molecule has 0 saturated heterocycles. The van der Waals surface area contributed by atoms with Gasteiger partial charge >= 0.3 is 50.9 Å². The number of benzene rings is 2. The van der Waals surface area contributed by atoms with Gasteiger partial charge in [-0.15, -0.1) is 34.5 Å². The second-order valence-corrected chi connectivity index (χ2v) is 26.5. The van der Waals surface area contributed by atoms with Crippen molar-refractivity contribution in [1.29, 1.82) is 0 Å². The fourth-order valence-electron chi connectivity index (χ4n) is 3.87. The second kappa shape index (κ2) is 13.3. The van der Waals surface area contributed by atoms with Crippen molar-refractivity contribution in [1.82, 2.24) is 0 Å². The molecule has 0 unspecified atom stereocenters. The minimum atomic E-state index is 0.170. The summed E-state index contributed by atoms with van der Waals surface area (Å²) in [5, 5.41) is 2.63. The fraction of sp³-hybridized carbons (Fsp3) is 0.259. The van der Waals surface area contributed by atoms with Crippen LogP contribution in [0.1, 0.15) is 41.2 Å². The number of rotatable bonds is 3. The number of halogens is 2. The van der Waals surface area contributed by atoms with Crippen LogP contribution in [0.3, 0.4) is 0 Å². The molecule has 0 aliphatic heterocycles. The van der Waals surface area contributed by atoms with Gasteiger partial charge in [0.25, 0.3) is 0 Å². The predicted molar refractivity (Wildman–Crippen MR) is 148 cm³/mol. The molecule has 0 aliphatic carbocycles. The number of hydrogen-bond donors (Lipinski definition) is 0. The zero-order chi connectivity index (χ0) is 22.1. The average molecular weight is 700 g/mol. The summed E-state index contributed by atoms with van der Waals surface area (Å²) in [5.41, 5.74) is 10.2. The van der Waals surface area contributed by atoms with Gasteiger partial charge in [-0.2, -0.15) is 27.8 Å². The fourth-order valence-corrected chi connectivity index (χ4v) is 3.87. The minimum Gasteiger partial charge on any atom is -0.145 e. The van der Waals surface area contributed by atoms with Crippen molar-refractivity contribution in [3.05, 3.63) is 94.5 Å². The molecule has 0 amide bonds. The second-order valence-electron chi connectivity index (χ2n) is 7.54. The van der Waals surface area contributed by atoms with Crippen molar-refractivity contribution in [3.63, 3.8) is 0 Å². The van der Waals surface area contributed by atoms with E-state index in [1.165, 1.54) is 57.0 Å². The van der Waals surface area contributed by atoms with Gasteiger partial charge in [0.05, 0.1) is 0 Å². The molecule has 0 bridgehead atoms. The van der Waals surface area contributed by atoms with Crippen LogP contribution in [0, 0.1) is 27.7 Å². The Morgan fingerprint density at radius 2 is 1.50 bits per heavy atom. The van der Waals surface area contributed by atoms with Gasteiger partial charge in [0.1, 0.15) is 0 Å². The Morgan fingerprint density at radius 1 is 0.900 bits per heavy atom. The van der Waals surface area contributed by atoms with E-state index in [-0.39, 0.29) is 14.9 Å². The van der Waals surface area contributed by atoms with Crippen LogP contribution < -0.4 is 0 Å². The molecule has 0 saturated carbocycles. The van der Waals surface area contributed by atoms with E-state index in [4.69, 9.17) is 0 Å². The van der Waals surface area contributed by atoms with Crippen molar-refractivity contribution >= 4 is 46.9 Å². The first-order chi connectivity index (χ1) is 14.4. The summed E-state index contributed by atoms with van der Waals surface area (Å²) in [6, 6.07) is 23.4. The maximum Gasteiger partial charge on any atom is -0.0635 e. The summed E-state index contributed by atoms with van der Waals surface area (Å²) in [7, 11) is 0. The van der Waals surface area contributed by atoms with Crippen molar-refractivity contribution in [2.24, 2.45) is 0 Å². The zero-order valence-corrected chi connectivity index (χ0v) is 25.3. The predicted octanol–water partition coefficient (Wildman–Crippen LogP) is 9.59. The van der Waals surface area contributed by atoms with E-state index in [2.05, 4.69) is 131 Å². The van der Waals surface area contributed by atoms with Crippen LogP contribution in [-0.2, 0) is 21.3 Å². The molecule has 0 spiro atoms. The first kappa shape index (κ1) is 26.0. The van der Waals surface area contributed by atoms with Crippen LogP contribution in [0.4, 0.5) is 0 Å². The largest absolute Gasteiger partial charge is 0.145 e. The maximum absolute atomic E-state index is 2.45. The van der Waals surface area contributed by atoms with Crippen molar-refractivity contribution in [2.45, 2.75) is 47.5 Å². The molecule has 3 heteroatoms. The summed E-state index contributed by atoms with van der Waals surface area (Å²) in [4.78, 5) is 0. The molecule has 0 N–H and O–H groups in total. The molecule has 4 aromatic carbocycles. The third-order valence-electron chi connectivity index (χ3n) is 5.82. The quantitative estimate of drug-likeness (QED) is 0.148. The molecule has 0 fully saturated rings. The third kappa shape index (κ3) is 6.87. The normalized spacial score (nSPS) is 9.97. The molecular formula is C27H30I2Zr. The summed E-state index contributed by atoms with van der Waals surface area (Å²) in [6.07, 6.45) is 2.50. The number of fused-ring (bicyclic) bond motifs is 1. The van der Waals surface area contributed by atoms with Crippen LogP contribution in [0.15, 0.2) is 66.7 Å². The molecule has 30 heavy (non-hydrogen) atoms. The summed E-state index contributed by atoms with van der Waals surface area (Å²) in [5.74, 6) is 0. The SMILES string of the molecule is CCCc1c(C)c(C)c(C)[c-]1C.[I][Zr+2][I].c1ccc(-c2cc3ccccc3[cH-]2)cc1. The van der Waals surface area contributed by atoms with Crippen LogP contribution in [-0.4, -0.2) is 0 Å². The summed E-state index contributed by atoms with van der Waals surface area (Å²) < 4.78 is 0. The van der Waals surface area contributed by atoms with Gasteiger partial charge in [-0.05, 0) is 0 Å². The van der Waals surface area contributed by atoms with Gasteiger partial charge in [-0.3, -0.25) is 0 Å². The molecule has 156 valence electrons. The Morgan fingerprint density at radius 3 is 2.03 bits per heavy atom. The van der Waals surface area contributed by atoms with Crippen molar-refractivity contribution in [3.8, 4) is 11.1 Å². The molecule has 0 radical (unpaired) electrons. The van der Waals surface area contributed by atoms with Gasteiger partial charge < -0.3 is 0 Å². The Balaban J connectivity index is 0.000000194. The minimum absolute atomic E-state index is 0.170. The van der Waals surface area contributed by atoms with Gasteiger partial charge in [0, 0.05) is 0 Å². The first-order valence-corrected chi connectivity index (χ1v) is 25.0. The average Bonchev–Trinajstić information content (AvgIpc) is 3.28. The molecule has 0 heterocycles. The first-order valence-electron chi connectivity index (χ1n) is 10.3. The van der Waals surface area contributed by atoms with Crippen LogP contribution in [0.25, 0.3) is 21.9 Å². The number of hydrogen-bond acceptors (Lipinski definition) is 0. The topological polar surface area (TPSA) is 0 Å². The van der Waals surface area contributed by atoms with Gasteiger partial charge in [0.2, 0.25) is 0 Å². The van der Waals surface area contributed by atoms with Gasteiger partial charge in [-0.1, -0.05) is 102 Å². The van der Waals surface area contributed by atoms with Crippen LogP contribution in [0.5, 0.6) is 0 Å². The van der Waals surface area contributed by atoms with Gasteiger partial charge in [0.15, 0.2) is 0 Å². The van der Waals surface area contributed by atoms with Crippen LogP contribution >= 0.6 is 36.1 Å². The molecule has 0 nitrogen and oxygen atoms in total. The third-order valence-corrected chi connectivity index (χ3v) is 5.82. The molecule has 4 rings (SSSR count). The van der Waals surface area contributed by atoms with Gasteiger partial charge in [-0.25, -0.2) is 0 Å². The Hall–Kier alpha value is -0.257. The summed E-state index contributed by atoms with van der Waals surface area (Å²) >= 11 is 5.06. The van der Waals surface area contributed by atoms with E-state index >= 15 is 0 Å². The standard InChI is InChI=1S/C15H11.C12H19.2HI.Zr/c1-2-6-12(7-3-1)15-10-13-8-4-5-9-14(13)11-15;1-6-7-12-10(4)8(2)9(3)11(12)5;;;/h1-11H;6-7H2,1-5H3;2*1H;/q2*-1;;;+4/p-2. The zero-order valence-electron chi connectivity index (χ0n) is 18.5. The Bertz CT molecular complexity index is 983. The van der Waals surface area contributed by atoms with E-state index < -0.39 is 0 Å². The molecule has 0 aliphatic rings.